The van der Waals surface area contributed by atoms with E-state index in [-0.39, 0.29) is 40.3 Å². The third-order valence-corrected chi connectivity index (χ3v) is 11.5. The van der Waals surface area contributed by atoms with Crippen molar-refractivity contribution in [2.24, 2.45) is 22.7 Å². The summed E-state index contributed by atoms with van der Waals surface area (Å²) >= 11 is 0. The van der Waals surface area contributed by atoms with Crippen LogP contribution in [0.5, 0.6) is 0 Å². The van der Waals surface area contributed by atoms with Crippen LogP contribution in [0.1, 0.15) is 76.7 Å². The Labute approximate surface area is 235 Å². The number of piperazine rings is 1. The topological polar surface area (TPSA) is 121 Å². The Kier molecular flexibility index (Phi) is 7.10. The Hall–Kier alpha value is -2.65. The molecule has 0 spiro atoms. The van der Waals surface area contributed by atoms with Crippen LogP contribution in [-0.4, -0.2) is 66.4 Å². The maximum absolute atomic E-state index is 12.5. The summed E-state index contributed by atoms with van der Waals surface area (Å²) in [6.45, 7) is 7.49. The number of hydrogen-bond acceptors (Lipinski definition) is 7. The molecule has 9 heteroatoms. The van der Waals surface area contributed by atoms with Gasteiger partial charge >= 0.3 is 11.7 Å². The van der Waals surface area contributed by atoms with Gasteiger partial charge in [0.2, 0.25) is 5.91 Å². The summed E-state index contributed by atoms with van der Waals surface area (Å²) in [6.07, 6.45) is 10.4. The summed E-state index contributed by atoms with van der Waals surface area (Å²) in [5.41, 5.74) is 1.08. The van der Waals surface area contributed by atoms with Crippen LogP contribution >= 0.6 is 0 Å². The Balaban J connectivity index is 1.10. The van der Waals surface area contributed by atoms with E-state index in [1.807, 2.05) is 11.0 Å². The standard InChI is InChI=1S/C31H43N3O6/c1-29-10-7-22(40-28(37)33-14-16-34-15-13-32-26(35)18-34)17-21(29)4-5-25-24(29)8-11-30(2)23(9-12-31(25,30)38)20-3-6-27(36)39-19-20/h3,6,17,19,22-25,38H,4-5,7-16,18H2,1-2H3,(H,32,35)(H,33,37)/t22-,23+,24-,25+,29-,30+,31-/m0/s1. The minimum Gasteiger partial charge on any atom is -0.442 e. The van der Waals surface area contributed by atoms with E-state index in [4.69, 9.17) is 9.15 Å². The maximum atomic E-state index is 12.5. The number of aliphatic hydroxyl groups is 1. The van der Waals surface area contributed by atoms with Crippen LogP contribution in [0.25, 0.3) is 0 Å². The van der Waals surface area contributed by atoms with Crippen molar-refractivity contribution in [2.75, 3.05) is 32.7 Å². The number of alkyl carbamates (subject to hydrolysis) is 1. The molecule has 1 aromatic rings. The third kappa shape index (κ3) is 4.59. The van der Waals surface area contributed by atoms with Gasteiger partial charge in [0.1, 0.15) is 6.10 Å². The molecule has 9 nitrogen and oxygen atoms in total. The number of hydrogen-bond donors (Lipinski definition) is 3. The second-order valence-corrected chi connectivity index (χ2v) is 13.3. The highest BCUT2D eigenvalue weighted by atomic mass is 16.6. The number of nitrogens with zero attached hydrogens (tertiary/aromatic N) is 1. The summed E-state index contributed by atoms with van der Waals surface area (Å²) in [5.74, 6) is 0.831. The molecule has 6 rings (SSSR count). The first kappa shape index (κ1) is 27.5. The lowest BCUT2D eigenvalue weighted by Crippen LogP contribution is -2.60. The number of ether oxygens (including phenoxy) is 1. The fourth-order valence-electron chi connectivity index (χ4n) is 9.24. The summed E-state index contributed by atoms with van der Waals surface area (Å²) in [4.78, 5) is 37.6. The van der Waals surface area contributed by atoms with Gasteiger partial charge in [0.05, 0.1) is 18.4 Å². The van der Waals surface area contributed by atoms with Gasteiger partial charge in [0.25, 0.3) is 0 Å². The van der Waals surface area contributed by atoms with Crippen molar-refractivity contribution in [3.63, 3.8) is 0 Å². The molecular formula is C31H43N3O6. The lowest BCUT2D eigenvalue weighted by Gasteiger charge is -2.61. The van der Waals surface area contributed by atoms with Crippen LogP contribution in [0.15, 0.2) is 39.3 Å². The fraction of sp³-hybridized carbons (Fsp3) is 0.710. The van der Waals surface area contributed by atoms with Crippen LogP contribution in [-0.2, 0) is 9.53 Å². The lowest BCUT2D eigenvalue weighted by atomic mass is 9.45. The highest BCUT2D eigenvalue weighted by molar-refractivity contribution is 5.78. The molecule has 1 aromatic heterocycles. The van der Waals surface area contributed by atoms with Crippen molar-refractivity contribution in [1.29, 1.82) is 0 Å². The molecule has 7 atom stereocenters. The second kappa shape index (κ2) is 10.3. The van der Waals surface area contributed by atoms with Gasteiger partial charge in [-0.05, 0) is 92.2 Å². The summed E-state index contributed by atoms with van der Waals surface area (Å²) in [7, 11) is 0. The number of nitrogens with one attached hydrogen (secondary N) is 2. The molecule has 0 bridgehead atoms. The van der Waals surface area contributed by atoms with Crippen molar-refractivity contribution in [3.05, 3.63) is 46.0 Å². The van der Waals surface area contributed by atoms with Crippen LogP contribution in [0.2, 0.25) is 0 Å². The van der Waals surface area contributed by atoms with Gasteiger partial charge in [0.15, 0.2) is 0 Å². The molecule has 218 valence electrons. The molecule has 4 aliphatic carbocycles. The molecule has 3 N–H and O–H groups in total. The minimum atomic E-state index is -0.743. The predicted molar refractivity (Wildman–Crippen MR) is 149 cm³/mol. The molecule has 5 aliphatic rings. The lowest BCUT2D eigenvalue weighted by molar-refractivity contribution is -0.178. The molecule has 2 heterocycles. The summed E-state index contributed by atoms with van der Waals surface area (Å²) < 4.78 is 11.0. The molecule has 40 heavy (non-hydrogen) atoms. The van der Waals surface area contributed by atoms with E-state index in [1.165, 1.54) is 11.6 Å². The highest BCUT2D eigenvalue weighted by Crippen LogP contribution is 2.70. The average Bonchev–Trinajstić information content (AvgIpc) is 3.20. The van der Waals surface area contributed by atoms with Crippen molar-refractivity contribution >= 4 is 12.0 Å². The van der Waals surface area contributed by atoms with Gasteiger partial charge < -0.3 is 24.9 Å². The Morgan fingerprint density at radius 1 is 1.15 bits per heavy atom. The average molecular weight is 554 g/mol. The largest absolute Gasteiger partial charge is 0.442 e. The number of fused-ring (bicyclic) bond motifs is 5. The summed E-state index contributed by atoms with van der Waals surface area (Å²) in [5, 5.41) is 18.1. The van der Waals surface area contributed by atoms with E-state index < -0.39 is 11.7 Å². The predicted octanol–water partition coefficient (Wildman–Crippen LogP) is 3.33. The first-order valence-electron chi connectivity index (χ1n) is 15.1. The zero-order valence-corrected chi connectivity index (χ0v) is 23.7. The van der Waals surface area contributed by atoms with Crippen LogP contribution in [0, 0.1) is 22.7 Å². The smallest absolute Gasteiger partial charge is 0.407 e. The first-order chi connectivity index (χ1) is 19.1. The molecule has 2 amide bonds. The third-order valence-electron chi connectivity index (χ3n) is 11.5. The van der Waals surface area contributed by atoms with E-state index in [1.54, 1.807) is 6.26 Å². The van der Waals surface area contributed by atoms with Gasteiger partial charge in [-0.15, -0.1) is 0 Å². The molecule has 0 radical (unpaired) electrons. The summed E-state index contributed by atoms with van der Waals surface area (Å²) in [6, 6.07) is 3.38. The maximum Gasteiger partial charge on any atom is 0.407 e. The van der Waals surface area contributed by atoms with E-state index in [0.717, 1.165) is 63.5 Å². The molecular weight excluding hydrogens is 510 g/mol. The number of amides is 2. The van der Waals surface area contributed by atoms with Crippen molar-refractivity contribution in [1.82, 2.24) is 15.5 Å². The molecule has 1 aliphatic heterocycles. The Morgan fingerprint density at radius 2 is 2.00 bits per heavy atom. The monoisotopic (exact) mass is 553 g/mol. The van der Waals surface area contributed by atoms with E-state index in [0.29, 0.717) is 32.1 Å². The number of allylic oxidation sites excluding steroid dienone is 1. The number of carbonyl (C=O) groups is 2. The zero-order valence-electron chi connectivity index (χ0n) is 23.7. The molecule has 4 fully saturated rings. The quantitative estimate of drug-likeness (QED) is 0.479. The van der Waals surface area contributed by atoms with Crippen molar-refractivity contribution < 1.29 is 23.8 Å². The van der Waals surface area contributed by atoms with Gasteiger partial charge in [0, 0.05) is 37.7 Å². The van der Waals surface area contributed by atoms with Gasteiger partial charge in [-0.1, -0.05) is 19.4 Å². The van der Waals surface area contributed by atoms with Gasteiger partial charge in [-0.3, -0.25) is 9.69 Å². The first-order valence-corrected chi connectivity index (χ1v) is 15.1. The normalized spacial score (nSPS) is 39.3. The van der Waals surface area contributed by atoms with Gasteiger partial charge in [-0.2, -0.15) is 0 Å². The van der Waals surface area contributed by atoms with Crippen molar-refractivity contribution in [3.8, 4) is 0 Å². The minimum absolute atomic E-state index is 0.00275. The van der Waals surface area contributed by atoms with E-state index >= 15 is 0 Å². The van der Waals surface area contributed by atoms with Crippen molar-refractivity contribution in [2.45, 2.75) is 82.8 Å². The molecule has 1 saturated heterocycles. The molecule has 0 aromatic carbocycles. The SMILES string of the molecule is C[C@]12CC[C@H](OC(=O)NCCN3CCNC(=O)C3)C=C1CC[C@@H]1[C@@H]2CC[C@]2(C)[C@@H](c3ccc(=O)oc3)CC[C@]12O. The van der Waals surface area contributed by atoms with Crippen LogP contribution < -0.4 is 16.3 Å². The molecule has 0 unspecified atom stereocenters. The fourth-order valence-corrected chi connectivity index (χ4v) is 9.24. The van der Waals surface area contributed by atoms with Crippen LogP contribution in [0.4, 0.5) is 4.79 Å². The Bertz CT molecular complexity index is 1230. The number of carbonyl (C=O) groups excluding carboxylic acids is 2. The van der Waals surface area contributed by atoms with E-state index in [2.05, 4.69) is 30.6 Å². The Morgan fingerprint density at radius 3 is 2.77 bits per heavy atom. The van der Waals surface area contributed by atoms with Crippen LogP contribution in [0.3, 0.4) is 0 Å². The van der Waals surface area contributed by atoms with E-state index in [9.17, 15) is 19.5 Å². The number of rotatable bonds is 5. The zero-order chi connectivity index (χ0) is 28.1. The van der Waals surface area contributed by atoms with Gasteiger partial charge in [-0.25, -0.2) is 9.59 Å². The highest BCUT2D eigenvalue weighted by Gasteiger charge is 2.66. The second-order valence-electron chi connectivity index (χ2n) is 13.3. The molecule has 3 saturated carbocycles.